The first-order valence-electron chi connectivity index (χ1n) is 6.08. The van der Waals surface area contributed by atoms with Crippen molar-refractivity contribution in [3.8, 4) is 0 Å². The molecule has 0 aliphatic carbocycles. The molecule has 3 nitrogen and oxygen atoms in total. The lowest BCUT2D eigenvalue weighted by atomic mass is 10.1. The highest BCUT2D eigenvalue weighted by Crippen LogP contribution is 2.18. The molecule has 2 rings (SSSR count). The summed E-state index contributed by atoms with van der Waals surface area (Å²) in [5.74, 6) is 0.822. The van der Waals surface area contributed by atoms with Gasteiger partial charge < -0.3 is 5.32 Å². The zero-order valence-electron chi connectivity index (χ0n) is 10.1. The first-order chi connectivity index (χ1) is 7.74. The SMILES string of the molecule is CC(C)NCC1CCN(Cc2nccs2)C1. The van der Waals surface area contributed by atoms with Crippen LogP contribution in [0.2, 0.25) is 0 Å². The van der Waals surface area contributed by atoms with Crippen molar-refractivity contribution < 1.29 is 0 Å². The van der Waals surface area contributed by atoms with Crippen LogP contribution >= 0.6 is 11.3 Å². The molecule has 0 spiro atoms. The average Bonchev–Trinajstić information content (AvgIpc) is 2.87. The van der Waals surface area contributed by atoms with E-state index in [9.17, 15) is 0 Å². The number of nitrogens with zero attached hydrogens (tertiary/aromatic N) is 2. The summed E-state index contributed by atoms with van der Waals surface area (Å²) >= 11 is 1.76. The molecule has 1 saturated heterocycles. The van der Waals surface area contributed by atoms with Gasteiger partial charge in [-0.2, -0.15) is 0 Å². The van der Waals surface area contributed by atoms with Crippen molar-refractivity contribution in [1.29, 1.82) is 0 Å². The number of nitrogens with one attached hydrogen (secondary N) is 1. The maximum Gasteiger partial charge on any atom is 0.107 e. The predicted octanol–water partition coefficient (Wildman–Crippen LogP) is 1.96. The Hall–Kier alpha value is -0.450. The Morgan fingerprint density at radius 1 is 1.62 bits per heavy atom. The number of likely N-dealkylation sites (tertiary alicyclic amines) is 1. The first kappa shape index (κ1) is 12.0. The Balaban J connectivity index is 1.71. The van der Waals surface area contributed by atoms with E-state index in [0.29, 0.717) is 6.04 Å². The van der Waals surface area contributed by atoms with Crippen LogP contribution in [0.1, 0.15) is 25.3 Å². The molecule has 1 aliphatic rings. The highest BCUT2D eigenvalue weighted by molar-refractivity contribution is 7.09. The minimum absolute atomic E-state index is 0.605. The summed E-state index contributed by atoms with van der Waals surface area (Å²) in [6, 6.07) is 0.605. The van der Waals surface area contributed by atoms with E-state index in [1.165, 1.54) is 24.5 Å². The molecule has 4 heteroatoms. The van der Waals surface area contributed by atoms with Crippen LogP contribution in [0.25, 0.3) is 0 Å². The summed E-state index contributed by atoms with van der Waals surface area (Å²) < 4.78 is 0. The zero-order chi connectivity index (χ0) is 11.4. The van der Waals surface area contributed by atoms with Gasteiger partial charge in [0.1, 0.15) is 5.01 Å². The van der Waals surface area contributed by atoms with Crippen molar-refractivity contribution in [1.82, 2.24) is 15.2 Å². The van der Waals surface area contributed by atoms with Gasteiger partial charge in [0.2, 0.25) is 0 Å². The van der Waals surface area contributed by atoms with Crippen molar-refractivity contribution in [2.24, 2.45) is 5.92 Å². The molecule has 1 N–H and O–H groups in total. The molecule has 0 aromatic carbocycles. The third-order valence-electron chi connectivity index (χ3n) is 3.03. The molecule has 1 aromatic heterocycles. The Bertz CT molecular complexity index is 297. The second-order valence-electron chi connectivity index (χ2n) is 4.88. The van der Waals surface area contributed by atoms with Gasteiger partial charge in [-0.05, 0) is 25.4 Å². The van der Waals surface area contributed by atoms with Gasteiger partial charge in [0, 0.05) is 24.2 Å². The molecule has 0 bridgehead atoms. The molecule has 1 aliphatic heterocycles. The number of aromatic nitrogens is 1. The Labute approximate surface area is 102 Å². The molecule has 0 saturated carbocycles. The normalized spacial score (nSPS) is 22.1. The highest BCUT2D eigenvalue weighted by Gasteiger charge is 2.22. The van der Waals surface area contributed by atoms with Gasteiger partial charge in [-0.15, -0.1) is 11.3 Å². The van der Waals surface area contributed by atoms with Gasteiger partial charge in [-0.1, -0.05) is 13.8 Å². The van der Waals surface area contributed by atoms with Crippen LogP contribution in [-0.2, 0) is 6.54 Å². The summed E-state index contributed by atoms with van der Waals surface area (Å²) in [7, 11) is 0. The molecule has 1 atom stereocenters. The third-order valence-corrected chi connectivity index (χ3v) is 3.79. The van der Waals surface area contributed by atoms with Crippen LogP contribution in [0.4, 0.5) is 0 Å². The fraction of sp³-hybridized carbons (Fsp3) is 0.750. The third kappa shape index (κ3) is 3.54. The average molecular weight is 239 g/mol. The number of hydrogen-bond acceptors (Lipinski definition) is 4. The van der Waals surface area contributed by atoms with Crippen LogP contribution in [0.15, 0.2) is 11.6 Å². The van der Waals surface area contributed by atoms with Crippen LogP contribution in [-0.4, -0.2) is 35.6 Å². The molecule has 1 aromatic rings. The van der Waals surface area contributed by atoms with E-state index in [-0.39, 0.29) is 0 Å². The maximum atomic E-state index is 4.34. The predicted molar refractivity (Wildman–Crippen MR) is 68.6 cm³/mol. The van der Waals surface area contributed by atoms with Crippen molar-refractivity contribution in [2.45, 2.75) is 32.9 Å². The first-order valence-corrected chi connectivity index (χ1v) is 6.96. The molecule has 16 heavy (non-hydrogen) atoms. The fourth-order valence-corrected chi connectivity index (χ4v) is 2.81. The van der Waals surface area contributed by atoms with Crippen molar-refractivity contribution >= 4 is 11.3 Å². The van der Waals surface area contributed by atoms with Gasteiger partial charge in [-0.25, -0.2) is 4.98 Å². The van der Waals surface area contributed by atoms with Crippen LogP contribution < -0.4 is 5.32 Å². The molecule has 2 heterocycles. The van der Waals surface area contributed by atoms with Crippen molar-refractivity contribution in [3.63, 3.8) is 0 Å². The van der Waals surface area contributed by atoms with E-state index < -0.39 is 0 Å². The van der Waals surface area contributed by atoms with Crippen LogP contribution in [0.5, 0.6) is 0 Å². The second-order valence-corrected chi connectivity index (χ2v) is 5.86. The van der Waals surface area contributed by atoms with Gasteiger partial charge in [0.05, 0.1) is 6.54 Å². The largest absolute Gasteiger partial charge is 0.314 e. The number of rotatable bonds is 5. The lowest BCUT2D eigenvalue weighted by Crippen LogP contribution is -2.30. The molecular weight excluding hydrogens is 218 g/mol. The van der Waals surface area contributed by atoms with E-state index in [1.54, 1.807) is 11.3 Å². The molecule has 0 radical (unpaired) electrons. The monoisotopic (exact) mass is 239 g/mol. The number of thiazole rings is 1. The summed E-state index contributed by atoms with van der Waals surface area (Å²) in [5, 5.41) is 6.83. The Morgan fingerprint density at radius 3 is 3.19 bits per heavy atom. The van der Waals surface area contributed by atoms with Gasteiger partial charge >= 0.3 is 0 Å². The second kappa shape index (κ2) is 5.75. The minimum atomic E-state index is 0.605. The number of hydrogen-bond donors (Lipinski definition) is 1. The Kier molecular flexibility index (Phi) is 4.32. The molecule has 1 fully saturated rings. The van der Waals surface area contributed by atoms with E-state index in [0.717, 1.165) is 19.0 Å². The summed E-state index contributed by atoms with van der Waals surface area (Å²) in [6.07, 6.45) is 3.22. The lowest BCUT2D eigenvalue weighted by Gasteiger charge is -2.16. The van der Waals surface area contributed by atoms with E-state index in [2.05, 4.69) is 34.4 Å². The zero-order valence-corrected chi connectivity index (χ0v) is 11.0. The summed E-state index contributed by atoms with van der Waals surface area (Å²) in [4.78, 5) is 6.86. The highest BCUT2D eigenvalue weighted by atomic mass is 32.1. The summed E-state index contributed by atoms with van der Waals surface area (Å²) in [6.45, 7) is 9.07. The molecular formula is C12H21N3S. The molecule has 90 valence electrons. The smallest absolute Gasteiger partial charge is 0.107 e. The van der Waals surface area contributed by atoms with Crippen molar-refractivity contribution in [3.05, 3.63) is 16.6 Å². The standard InChI is InChI=1S/C12H21N3S/c1-10(2)14-7-11-3-5-15(8-11)9-12-13-4-6-16-12/h4,6,10-11,14H,3,5,7-9H2,1-2H3. The molecule has 0 amide bonds. The Morgan fingerprint density at radius 2 is 2.50 bits per heavy atom. The van der Waals surface area contributed by atoms with Crippen molar-refractivity contribution in [2.75, 3.05) is 19.6 Å². The van der Waals surface area contributed by atoms with Crippen LogP contribution in [0, 0.1) is 5.92 Å². The quantitative estimate of drug-likeness (QED) is 0.851. The van der Waals surface area contributed by atoms with Gasteiger partial charge in [-0.3, -0.25) is 4.90 Å². The van der Waals surface area contributed by atoms with E-state index in [1.807, 2.05) is 6.20 Å². The van der Waals surface area contributed by atoms with E-state index in [4.69, 9.17) is 0 Å². The fourth-order valence-electron chi connectivity index (χ4n) is 2.15. The molecule has 1 unspecified atom stereocenters. The minimum Gasteiger partial charge on any atom is -0.314 e. The summed E-state index contributed by atoms with van der Waals surface area (Å²) in [5.41, 5.74) is 0. The maximum absolute atomic E-state index is 4.34. The lowest BCUT2D eigenvalue weighted by molar-refractivity contribution is 0.312. The van der Waals surface area contributed by atoms with Gasteiger partial charge in [0.15, 0.2) is 0 Å². The van der Waals surface area contributed by atoms with Gasteiger partial charge in [0.25, 0.3) is 0 Å². The van der Waals surface area contributed by atoms with E-state index >= 15 is 0 Å². The topological polar surface area (TPSA) is 28.2 Å². The van der Waals surface area contributed by atoms with Crippen LogP contribution in [0.3, 0.4) is 0 Å².